The van der Waals surface area contributed by atoms with Crippen molar-refractivity contribution in [3.8, 4) is 5.69 Å². The summed E-state index contributed by atoms with van der Waals surface area (Å²) in [6.07, 6.45) is 3.72. The smallest absolute Gasteiger partial charge is 0.220 e. The van der Waals surface area contributed by atoms with Gasteiger partial charge in [-0.05, 0) is 30.5 Å². The fraction of sp³-hybridized carbons (Fsp3) is 0.400. The van der Waals surface area contributed by atoms with Crippen LogP contribution >= 0.6 is 0 Å². The van der Waals surface area contributed by atoms with Gasteiger partial charge in [-0.25, -0.2) is 9.67 Å². The molecule has 0 saturated carbocycles. The Morgan fingerprint density at radius 2 is 1.95 bits per heavy atom. The average molecular weight is 272 g/mol. The van der Waals surface area contributed by atoms with Crippen molar-refractivity contribution in [2.45, 2.75) is 33.2 Å². The van der Waals surface area contributed by atoms with Gasteiger partial charge < -0.3 is 5.32 Å². The number of hydrogen-bond donors (Lipinski definition) is 1. The summed E-state index contributed by atoms with van der Waals surface area (Å²) in [6.45, 7) is 6.07. The van der Waals surface area contributed by atoms with Crippen LogP contribution in [-0.4, -0.2) is 20.7 Å². The molecule has 0 radical (unpaired) electrons. The van der Waals surface area contributed by atoms with E-state index in [0.717, 1.165) is 11.3 Å². The first-order chi connectivity index (χ1) is 9.56. The zero-order valence-electron chi connectivity index (χ0n) is 12.1. The predicted molar refractivity (Wildman–Crippen MR) is 77.4 cm³/mol. The lowest BCUT2D eigenvalue weighted by Gasteiger charge is -2.15. The van der Waals surface area contributed by atoms with Gasteiger partial charge in [-0.1, -0.05) is 26.0 Å². The van der Waals surface area contributed by atoms with Gasteiger partial charge in [-0.3, -0.25) is 4.79 Å². The minimum atomic E-state index is 0.00560. The first-order valence-corrected chi connectivity index (χ1v) is 6.80. The normalized spacial score (nSPS) is 12.4. The molecule has 0 spiro atoms. The fourth-order valence-electron chi connectivity index (χ4n) is 2.01. The van der Waals surface area contributed by atoms with E-state index in [1.807, 2.05) is 45.0 Å². The molecule has 2 aromatic rings. The molecule has 1 heterocycles. The maximum Gasteiger partial charge on any atom is 0.220 e. The van der Waals surface area contributed by atoms with Gasteiger partial charge in [0.05, 0.1) is 11.7 Å². The van der Waals surface area contributed by atoms with E-state index in [0.29, 0.717) is 12.3 Å². The van der Waals surface area contributed by atoms with Crippen molar-refractivity contribution in [1.82, 2.24) is 20.1 Å². The van der Waals surface area contributed by atoms with Gasteiger partial charge in [-0.15, -0.1) is 0 Å². The Hall–Kier alpha value is -2.17. The quantitative estimate of drug-likeness (QED) is 0.909. The summed E-state index contributed by atoms with van der Waals surface area (Å²) in [7, 11) is 0. The van der Waals surface area contributed by atoms with Gasteiger partial charge in [0.2, 0.25) is 5.91 Å². The Bertz CT molecular complexity index is 546. The Morgan fingerprint density at radius 1 is 1.25 bits per heavy atom. The molecule has 1 N–H and O–H groups in total. The molecule has 1 unspecified atom stereocenters. The van der Waals surface area contributed by atoms with Crippen molar-refractivity contribution >= 4 is 5.91 Å². The second kappa shape index (κ2) is 6.32. The predicted octanol–water partition coefficient (Wildman–Crippen LogP) is 2.49. The average Bonchev–Trinajstić information content (AvgIpc) is 2.91. The third-order valence-electron chi connectivity index (χ3n) is 3.05. The van der Waals surface area contributed by atoms with Gasteiger partial charge in [-0.2, -0.15) is 5.10 Å². The minimum Gasteiger partial charge on any atom is -0.350 e. The third kappa shape index (κ3) is 3.66. The molecular formula is C15H20N4O. The second-order valence-electron chi connectivity index (χ2n) is 5.32. The Morgan fingerprint density at radius 3 is 2.50 bits per heavy atom. The largest absolute Gasteiger partial charge is 0.350 e. The van der Waals surface area contributed by atoms with E-state index < -0.39 is 0 Å². The monoisotopic (exact) mass is 272 g/mol. The van der Waals surface area contributed by atoms with Crippen molar-refractivity contribution in [1.29, 1.82) is 0 Å². The molecule has 0 bridgehead atoms. The number of aromatic nitrogens is 3. The molecule has 5 heteroatoms. The first kappa shape index (κ1) is 14.2. The number of carbonyl (C=O) groups is 1. The van der Waals surface area contributed by atoms with Crippen molar-refractivity contribution in [2.75, 3.05) is 0 Å². The van der Waals surface area contributed by atoms with Crippen molar-refractivity contribution in [3.05, 3.63) is 42.5 Å². The highest BCUT2D eigenvalue weighted by molar-refractivity contribution is 5.76. The van der Waals surface area contributed by atoms with E-state index in [-0.39, 0.29) is 11.9 Å². The lowest BCUT2D eigenvalue weighted by Crippen LogP contribution is -2.27. The lowest BCUT2D eigenvalue weighted by atomic mass is 10.1. The molecule has 0 fully saturated rings. The zero-order valence-corrected chi connectivity index (χ0v) is 12.1. The van der Waals surface area contributed by atoms with Gasteiger partial charge in [0.1, 0.15) is 12.7 Å². The molecule has 0 saturated heterocycles. The number of rotatable bonds is 5. The Balaban J connectivity index is 2.01. The van der Waals surface area contributed by atoms with Crippen LogP contribution in [-0.2, 0) is 4.79 Å². The second-order valence-corrected chi connectivity index (χ2v) is 5.32. The van der Waals surface area contributed by atoms with Gasteiger partial charge in [0.25, 0.3) is 0 Å². The number of benzene rings is 1. The van der Waals surface area contributed by atoms with Crippen molar-refractivity contribution in [3.63, 3.8) is 0 Å². The highest BCUT2D eigenvalue weighted by Gasteiger charge is 2.11. The van der Waals surface area contributed by atoms with Crippen LogP contribution in [0.3, 0.4) is 0 Å². The van der Waals surface area contributed by atoms with Gasteiger partial charge in [0, 0.05) is 6.42 Å². The first-order valence-electron chi connectivity index (χ1n) is 6.80. The molecule has 1 aromatic heterocycles. The molecule has 0 aliphatic carbocycles. The van der Waals surface area contributed by atoms with Crippen LogP contribution in [0.2, 0.25) is 0 Å². The SMILES string of the molecule is CC(C)CC(=O)NC(C)c1ccc(-n2cncn2)cc1. The molecule has 1 amide bonds. The number of amides is 1. The summed E-state index contributed by atoms with van der Waals surface area (Å²) < 4.78 is 1.70. The lowest BCUT2D eigenvalue weighted by molar-refractivity contribution is -0.122. The number of carbonyl (C=O) groups excluding carboxylic acids is 1. The van der Waals surface area contributed by atoms with Crippen molar-refractivity contribution < 1.29 is 4.79 Å². The molecule has 2 rings (SSSR count). The van der Waals surface area contributed by atoms with E-state index in [2.05, 4.69) is 15.4 Å². The van der Waals surface area contributed by atoms with Gasteiger partial charge in [0.15, 0.2) is 0 Å². The number of nitrogens with one attached hydrogen (secondary N) is 1. The number of nitrogens with zero attached hydrogens (tertiary/aromatic N) is 3. The molecule has 20 heavy (non-hydrogen) atoms. The van der Waals surface area contributed by atoms with Crippen LogP contribution in [0, 0.1) is 5.92 Å². The van der Waals surface area contributed by atoms with Crippen LogP contribution in [0.4, 0.5) is 0 Å². The van der Waals surface area contributed by atoms with Crippen LogP contribution in [0.5, 0.6) is 0 Å². The topological polar surface area (TPSA) is 59.8 Å². The fourth-order valence-corrected chi connectivity index (χ4v) is 2.01. The highest BCUT2D eigenvalue weighted by Crippen LogP contribution is 2.15. The maximum atomic E-state index is 11.8. The van der Waals surface area contributed by atoms with E-state index in [4.69, 9.17) is 0 Å². The van der Waals surface area contributed by atoms with E-state index >= 15 is 0 Å². The molecule has 5 nitrogen and oxygen atoms in total. The standard InChI is InChI=1S/C15H20N4O/c1-11(2)8-15(20)18-12(3)13-4-6-14(7-5-13)19-10-16-9-17-19/h4-7,9-12H,8H2,1-3H3,(H,18,20). The summed E-state index contributed by atoms with van der Waals surface area (Å²) >= 11 is 0. The van der Waals surface area contributed by atoms with E-state index in [1.54, 1.807) is 11.0 Å². The molecule has 0 aliphatic rings. The van der Waals surface area contributed by atoms with E-state index in [9.17, 15) is 4.79 Å². The Kier molecular flexibility index (Phi) is 4.50. The summed E-state index contributed by atoms with van der Waals surface area (Å²) in [4.78, 5) is 15.7. The molecule has 1 aromatic carbocycles. The van der Waals surface area contributed by atoms with Gasteiger partial charge >= 0.3 is 0 Å². The summed E-state index contributed by atoms with van der Waals surface area (Å²) in [6, 6.07) is 7.94. The number of hydrogen-bond acceptors (Lipinski definition) is 3. The molecule has 1 atom stereocenters. The van der Waals surface area contributed by atoms with Crippen LogP contribution in [0.25, 0.3) is 5.69 Å². The van der Waals surface area contributed by atoms with Crippen LogP contribution < -0.4 is 5.32 Å². The van der Waals surface area contributed by atoms with E-state index in [1.165, 1.54) is 6.33 Å². The maximum absolute atomic E-state index is 11.8. The molecule has 0 aliphatic heterocycles. The Labute approximate surface area is 119 Å². The van der Waals surface area contributed by atoms with Crippen LogP contribution in [0.15, 0.2) is 36.9 Å². The zero-order chi connectivity index (χ0) is 14.5. The summed E-state index contributed by atoms with van der Waals surface area (Å²) in [5.74, 6) is 0.463. The molecule has 106 valence electrons. The molecular weight excluding hydrogens is 252 g/mol. The highest BCUT2D eigenvalue weighted by atomic mass is 16.1. The van der Waals surface area contributed by atoms with Crippen LogP contribution in [0.1, 0.15) is 38.8 Å². The summed E-state index contributed by atoms with van der Waals surface area (Å²) in [5, 5.41) is 7.09. The minimum absolute atomic E-state index is 0.00560. The third-order valence-corrected chi connectivity index (χ3v) is 3.05. The summed E-state index contributed by atoms with van der Waals surface area (Å²) in [5.41, 5.74) is 2.03. The van der Waals surface area contributed by atoms with Crippen molar-refractivity contribution in [2.24, 2.45) is 5.92 Å².